The smallest absolute Gasteiger partial charge is 0.278 e. The van der Waals surface area contributed by atoms with Gasteiger partial charge < -0.3 is 5.73 Å². The minimum atomic E-state index is -3.87. The summed E-state index contributed by atoms with van der Waals surface area (Å²) in [5, 5.41) is 3.78. The zero-order valence-electron chi connectivity index (χ0n) is 11.6. The maximum Gasteiger partial charge on any atom is 0.278 e. The SMILES string of the molecule is CN(/N=C(\N)c1c(F)cccc1Cl)S(=O)(=O)c1ccccc1. The molecule has 0 unspecified atom stereocenters. The maximum atomic E-state index is 13.8. The molecule has 0 aliphatic heterocycles. The molecule has 5 nitrogen and oxygen atoms in total. The summed E-state index contributed by atoms with van der Waals surface area (Å²) in [5.41, 5.74) is 5.55. The van der Waals surface area contributed by atoms with E-state index in [1.54, 1.807) is 18.2 Å². The molecule has 0 amide bonds. The van der Waals surface area contributed by atoms with Crippen molar-refractivity contribution >= 4 is 27.5 Å². The van der Waals surface area contributed by atoms with Gasteiger partial charge in [-0.1, -0.05) is 35.9 Å². The lowest BCUT2D eigenvalue weighted by Crippen LogP contribution is -2.27. The molecule has 2 rings (SSSR count). The second-order valence-electron chi connectivity index (χ2n) is 4.33. The fourth-order valence-corrected chi connectivity index (χ4v) is 3.00. The predicted octanol–water partition coefficient (Wildman–Crippen LogP) is 2.42. The Morgan fingerprint density at radius 3 is 2.41 bits per heavy atom. The molecule has 0 saturated carbocycles. The highest BCUT2D eigenvalue weighted by molar-refractivity contribution is 7.89. The molecule has 0 fully saturated rings. The molecule has 0 aliphatic rings. The van der Waals surface area contributed by atoms with E-state index in [9.17, 15) is 12.8 Å². The number of hydrogen-bond donors (Lipinski definition) is 1. The Morgan fingerprint density at radius 2 is 1.82 bits per heavy atom. The molecule has 0 aromatic heterocycles. The van der Waals surface area contributed by atoms with Gasteiger partial charge >= 0.3 is 0 Å². The average molecular weight is 342 g/mol. The van der Waals surface area contributed by atoms with Crippen LogP contribution in [0.4, 0.5) is 4.39 Å². The lowest BCUT2D eigenvalue weighted by molar-refractivity contribution is 0.488. The van der Waals surface area contributed by atoms with E-state index >= 15 is 0 Å². The summed E-state index contributed by atoms with van der Waals surface area (Å²) in [6.07, 6.45) is 0. The van der Waals surface area contributed by atoms with Crippen LogP contribution in [0.3, 0.4) is 0 Å². The molecular formula is C14H13ClFN3O2S. The number of amidine groups is 1. The van der Waals surface area contributed by atoms with E-state index in [0.717, 1.165) is 6.07 Å². The van der Waals surface area contributed by atoms with Gasteiger partial charge in [0.1, 0.15) is 5.82 Å². The molecule has 22 heavy (non-hydrogen) atoms. The van der Waals surface area contributed by atoms with Crippen molar-refractivity contribution in [2.75, 3.05) is 7.05 Å². The summed E-state index contributed by atoms with van der Waals surface area (Å²) in [5.74, 6) is -1.01. The molecule has 0 bridgehead atoms. The standard InChI is InChI=1S/C14H13ClFN3O2S/c1-19(22(20,21)10-6-3-2-4-7-10)18-14(17)13-11(15)8-5-9-12(13)16/h2-9H,1H3,(H2,17,18). The Kier molecular flexibility index (Phi) is 4.68. The molecule has 0 atom stereocenters. The molecule has 0 aliphatic carbocycles. The summed E-state index contributed by atoms with van der Waals surface area (Å²) in [7, 11) is -2.66. The van der Waals surface area contributed by atoms with Crippen LogP contribution < -0.4 is 5.73 Å². The second-order valence-corrected chi connectivity index (χ2v) is 6.69. The highest BCUT2D eigenvalue weighted by atomic mass is 35.5. The third-order valence-corrected chi connectivity index (χ3v) is 4.82. The van der Waals surface area contributed by atoms with Gasteiger partial charge in [0.15, 0.2) is 5.84 Å². The molecule has 0 heterocycles. The van der Waals surface area contributed by atoms with Crippen molar-refractivity contribution in [1.29, 1.82) is 0 Å². The number of nitrogens with zero attached hydrogens (tertiary/aromatic N) is 2. The van der Waals surface area contributed by atoms with Crippen LogP contribution in [0.2, 0.25) is 5.02 Å². The van der Waals surface area contributed by atoms with E-state index in [4.69, 9.17) is 17.3 Å². The second kappa shape index (κ2) is 6.33. The van der Waals surface area contributed by atoms with Crippen molar-refractivity contribution in [3.63, 3.8) is 0 Å². The number of hydrazone groups is 1. The van der Waals surface area contributed by atoms with Crippen LogP contribution in [0.15, 0.2) is 58.5 Å². The van der Waals surface area contributed by atoms with Gasteiger partial charge in [-0.3, -0.25) is 0 Å². The van der Waals surface area contributed by atoms with Crippen molar-refractivity contribution in [2.45, 2.75) is 4.90 Å². The zero-order chi connectivity index (χ0) is 16.3. The first-order chi connectivity index (χ1) is 10.3. The number of halogens is 2. The van der Waals surface area contributed by atoms with E-state index in [1.165, 1.54) is 31.3 Å². The van der Waals surface area contributed by atoms with E-state index in [2.05, 4.69) is 5.10 Å². The molecular weight excluding hydrogens is 329 g/mol. The molecule has 2 aromatic rings. The van der Waals surface area contributed by atoms with Gasteiger partial charge in [-0.05, 0) is 24.3 Å². The molecule has 8 heteroatoms. The van der Waals surface area contributed by atoms with Crippen molar-refractivity contribution in [3.05, 3.63) is 64.9 Å². The molecule has 2 N–H and O–H groups in total. The Bertz CT molecular complexity index is 790. The Hall–Kier alpha value is -2.12. The molecule has 0 spiro atoms. The molecule has 0 saturated heterocycles. The number of rotatable bonds is 4. The number of sulfonamides is 1. The largest absolute Gasteiger partial charge is 0.382 e. The van der Waals surface area contributed by atoms with Gasteiger partial charge in [-0.2, -0.15) is 12.8 Å². The van der Waals surface area contributed by atoms with Crippen LogP contribution in [-0.2, 0) is 10.0 Å². The first-order valence-corrected chi connectivity index (χ1v) is 7.98. The van der Waals surface area contributed by atoms with Crippen LogP contribution in [-0.4, -0.2) is 25.7 Å². The van der Waals surface area contributed by atoms with Crippen molar-refractivity contribution in [3.8, 4) is 0 Å². The van der Waals surface area contributed by atoms with Gasteiger partial charge in [0.25, 0.3) is 10.0 Å². The minimum Gasteiger partial charge on any atom is -0.382 e. The van der Waals surface area contributed by atoms with E-state index in [0.29, 0.717) is 4.41 Å². The van der Waals surface area contributed by atoms with E-state index in [1.807, 2.05) is 0 Å². The fourth-order valence-electron chi connectivity index (χ4n) is 1.74. The normalized spacial score (nSPS) is 12.2. The Labute approximate surface area is 132 Å². The van der Waals surface area contributed by atoms with Crippen molar-refractivity contribution < 1.29 is 12.8 Å². The van der Waals surface area contributed by atoms with Gasteiger partial charge in [0.05, 0.1) is 15.5 Å². The summed E-state index contributed by atoms with van der Waals surface area (Å²) in [6.45, 7) is 0. The summed E-state index contributed by atoms with van der Waals surface area (Å²) < 4.78 is 39.0. The Morgan fingerprint density at radius 1 is 1.18 bits per heavy atom. The van der Waals surface area contributed by atoms with Crippen LogP contribution in [0.1, 0.15) is 5.56 Å². The van der Waals surface area contributed by atoms with E-state index in [-0.39, 0.29) is 21.3 Å². The van der Waals surface area contributed by atoms with Crippen molar-refractivity contribution in [1.82, 2.24) is 4.41 Å². The number of nitrogens with two attached hydrogens (primary N) is 1. The fraction of sp³-hybridized carbons (Fsp3) is 0.0714. The lowest BCUT2D eigenvalue weighted by atomic mass is 10.2. The van der Waals surface area contributed by atoms with Crippen LogP contribution >= 0.6 is 11.6 Å². The van der Waals surface area contributed by atoms with Crippen LogP contribution in [0.5, 0.6) is 0 Å². The molecule has 0 radical (unpaired) electrons. The van der Waals surface area contributed by atoms with Gasteiger partial charge in [-0.25, -0.2) is 4.39 Å². The van der Waals surface area contributed by atoms with Crippen molar-refractivity contribution in [2.24, 2.45) is 10.8 Å². The van der Waals surface area contributed by atoms with Gasteiger partial charge in [0.2, 0.25) is 0 Å². The summed E-state index contributed by atoms with van der Waals surface area (Å²) >= 11 is 5.87. The third kappa shape index (κ3) is 3.20. The van der Waals surface area contributed by atoms with Gasteiger partial charge in [-0.15, -0.1) is 5.10 Å². The summed E-state index contributed by atoms with van der Waals surface area (Å²) in [4.78, 5) is 0.0497. The third-order valence-electron chi connectivity index (χ3n) is 2.86. The van der Waals surface area contributed by atoms with Crippen LogP contribution in [0, 0.1) is 5.82 Å². The predicted molar refractivity (Wildman–Crippen MR) is 83.5 cm³/mol. The number of benzene rings is 2. The zero-order valence-corrected chi connectivity index (χ0v) is 13.1. The minimum absolute atomic E-state index is 0.0479. The maximum absolute atomic E-state index is 13.8. The monoisotopic (exact) mass is 341 g/mol. The quantitative estimate of drug-likeness (QED) is 0.527. The number of hydrogen-bond acceptors (Lipinski definition) is 3. The first-order valence-electron chi connectivity index (χ1n) is 6.16. The highest BCUT2D eigenvalue weighted by Crippen LogP contribution is 2.20. The average Bonchev–Trinajstić information content (AvgIpc) is 2.47. The lowest BCUT2D eigenvalue weighted by Gasteiger charge is -2.15. The van der Waals surface area contributed by atoms with Crippen LogP contribution in [0.25, 0.3) is 0 Å². The topological polar surface area (TPSA) is 75.8 Å². The molecule has 2 aromatic carbocycles. The Balaban J connectivity index is 2.40. The summed E-state index contributed by atoms with van der Waals surface area (Å²) in [6, 6.07) is 11.7. The highest BCUT2D eigenvalue weighted by Gasteiger charge is 2.20. The first kappa shape index (κ1) is 16.3. The van der Waals surface area contributed by atoms with E-state index < -0.39 is 15.8 Å². The van der Waals surface area contributed by atoms with Gasteiger partial charge in [0, 0.05) is 7.05 Å². The molecule has 116 valence electrons.